The van der Waals surface area contributed by atoms with Crippen LogP contribution in [-0.2, 0) is 12.8 Å². The second-order valence-electron chi connectivity index (χ2n) is 5.42. The number of hydrogen-bond acceptors (Lipinski definition) is 2. The predicted molar refractivity (Wildman–Crippen MR) is 80.5 cm³/mol. The number of anilines is 1. The molecule has 4 heteroatoms. The quantitative estimate of drug-likeness (QED) is 0.833. The topological polar surface area (TPSA) is 55.1 Å². The Kier molecular flexibility index (Phi) is 3.60. The van der Waals surface area contributed by atoms with Crippen LogP contribution in [-0.4, -0.2) is 11.9 Å². The molecule has 0 aromatic heterocycles. The number of carbonyl (C=O) groups excluding carboxylic acids is 1. The zero-order valence-corrected chi connectivity index (χ0v) is 11.6. The molecule has 0 fully saturated rings. The molecule has 0 radical (unpaired) electrons. The van der Waals surface area contributed by atoms with Gasteiger partial charge in [0.15, 0.2) is 0 Å². The zero-order valence-electron chi connectivity index (χ0n) is 11.6. The van der Waals surface area contributed by atoms with E-state index < -0.39 is 11.7 Å². The molecule has 0 saturated carbocycles. The van der Waals surface area contributed by atoms with E-state index in [-0.39, 0.29) is 11.6 Å². The molecule has 2 aromatic carbocycles. The van der Waals surface area contributed by atoms with Gasteiger partial charge in [-0.1, -0.05) is 24.3 Å². The Morgan fingerprint density at radius 2 is 1.95 bits per heavy atom. The van der Waals surface area contributed by atoms with Crippen molar-refractivity contribution in [2.45, 2.75) is 25.3 Å². The number of carbonyl (C=O) groups is 1. The number of amides is 1. The first-order valence-electron chi connectivity index (χ1n) is 7.06. The van der Waals surface area contributed by atoms with Crippen LogP contribution in [0.5, 0.6) is 0 Å². The molecule has 1 atom stereocenters. The maximum Gasteiger partial charge on any atom is 0.254 e. The highest BCUT2D eigenvalue weighted by Gasteiger charge is 2.21. The minimum Gasteiger partial charge on any atom is -0.399 e. The van der Waals surface area contributed by atoms with Crippen LogP contribution < -0.4 is 11.1 Å². The monoisotopic (exact) mass is 284 g/mol. The van der Waals surface area contributed by atoms with Crippen molar-refractivity contribution in [1.29, 1.82) is 0 Å². The maximum atomic E-state index is 13.7. The Hall–Kier alpha value is -2.36. The molecule has 21 heavy (non-hydrogen) atoms. The van der Waals surface area contributed by atoms with Gasteiger partial charge in [0, 0.05) is 11.7 Å². The summed E-state index contributed by atoms with van der Waals surface area (Å²) in [5, 5.41) is 2.91. The molecule has 0 heterocycles. The number of rotatable bonds is 2. The average Bonchev–Trinajstić information content (AvgIpc) is 2.49. The lowest BCUT2D eigenvalue weighted by Crippen LogP contribution is -2.39. The van der Waals surface area contributed by atoms with Gasteiger partial charge >= 0.3 is 0 Å². The van der Waals surface area contributed by atoms with Gasteiger partial charge in [0.2, 0.25) is 0 Å². The molecule has 1 amide bonds. The second kappa shape index (κ2) is 5.56. The highest BCUT2D eigenvalue weighted by molar-refractivity contribution is 5.95. The van der Waals surface area contributed by atoms with Crippen LogP contribution in [0.15, 0.2) is 42.5 Å². The predicted octanol–water partition coefficient (Wildman–Crippen LogP) is 2.70. The number of nitrogens with two attached hydrogens (primary N) is 1. The molecule has 3 rings (SSSR count). The number of nitrogens with one attached hydrogen (secondary N) is 1. The van der Waals surface area contributed by atoms with E-state index in [0.29, 0.717) is 5.69 Å². The summed E-state index contributed by atoms with van der Waals surface area (Å²) < 4.78 is 13.7. The summed E-state index contributed by atoms with van der Waals surface area (Å²) in [7, 11) is 0. The summed E-state index contributed by atoms with van der Waals surface area (Å²) in [5.74, 6) is -0.943. The van der Waals surface area contributed by atoms with Crippen LogP contribution in [0.4, 0.5) is 10.1 Å². The van der Waals surface area contributed by atoms with E-state index >= 15 is 0 Å². The smallest absolute Gasteiger partial charge is 0.254 e. The first-order valence-corrected chi connectivity index (χ1v) is 7.06. The third kappa shape index (κ3) is 2.89. The van der Waals surface area contributed by atoms with E-state index in [4.69, 9.17) is 5.73 Å². The van der Waals surface area contributed by atoms with Crippen LogP contribution in [0, 0.1) is 5.82 Å². The number of aryl methyl sites for hydroxylation is 1. The summed E-state index contributed by atoms with van der Waals surface area (Å²) in [6, 6.07) is 12.3. The highest BCUT2D eigenvalue weighted by Crippen LogP contribution is 2.21. The van der Waals surface area contributed by atoms with Crippen molar-refractivity contribution >= 4 is 11.6 Å². The van der Waals surface area contributed by atoms with Crippen molar-refractivity contribution in [2.24, 2.45) is 0 Å². The molecule has 2 aromatic rings. The highest BCUT2D eigenvalue weighted by atomic mass is 19.1. The maximum absolute atomic E-state index is 13.7. The first kappa shape index (κ1) is 13.6. The van der Waals surface area contributed by atoms with Crippen molar-refractivity contribution in [1.82, 2.24) is 5.32 Å². The Labute approximate surface area is 123 Å². The average molecular weight is 284 g/mol. The largest absolute Gasteiger partial charge is 0.399 e. The molecule has 3 nitrogen and oxygen atoms in total. The van der Waals surface area contributed by atoms with Crippen molar-refractivity contribution in [3.05, 3.63) is 65.0 Å². The van der Waals surface area contributed by atoms with Gasteiger partial charge < -0.3 is 11.1 Å². The van der Waals surface area contributed by atoms with Crippen molar-refractivity contribution in [2.75, 3.05) is 5.73 Å². The molecule has 1 unspecified atom stereocenters. The molecule has 0 aliphatic heterocycles. The molecule has 1 aliphatic rings. The minimum atomic E-state index is -0.544. The Morgan fingerprint density at radius 3 is 2.76 bits per heavy atom. The number of benzene rings is 2. The number of halogens is 1. The van der Waals surface area contributed by atoms with Crippen molar-refractivity contribution in [3.63, 3.8) is 0 Å². The van der Waals surface area contributed by atoms with E-state index in [9.17, 15) is 9.18 Å². The van der Waals surface area contributed by atoms with Gasteiger partial charge in [-0.2, -0.15) is 0 Å². The van der Waals surface area contributed by atoms with Crippen LogP contribution in [0.3, 0.4) is 0 Å². The standard InChI is InChI=1S/C17H17FN2O/c18-16-8-6-13(19)10-15(16)17(21)20-14-7-5-11-3-1-2-4-12(11)9-14/h1-4,6,8,10,14H,5,7,9,19H2,(H,20,21). The first-order chi connectivity index (χ1) is 10.1. The van der Waals surface area contributed by atoms with Gasteiger partial charge in [-0.05, 0) is 48.6 Å². The fourth-order valence-electron chi connectivity index (χ4n) is 2.80. The van der Waals surface area contributed by atoms with Gasteiger partial charge in [0.05, 0.1) is 5.56 Å². The van der Waals surface area contributed by atoms with E-state index in [1.807, 2.05) is 12.1 Å². The molecule has 1 aliphatic carbocycles. The summed E-state index contributed by atoms with van der Waals surface area (Å²) in [4.78, 5) is 12.2. The van der Waals surface area contributed by atoms with E-state index in [1.165, 1.54) is 29.3 Å². The van der Waals surface area contributed by atoms with Crippen molar-refractivity contribution in [3.8, 4) is 0 Å². The molecule has 0 saturated heterocycles. The Balaban J connectivity index is 1.73. The van der Waals surface area contributed by atoms with Crippen LogP contribution in [0.25, 0.3) is 0 Å². The van der Waals surface area contributed by atoms with Crippen LogP contribution in [0.1, 0.15) is 27.9 Å². The summed E-state index contributed by atoms with van der Waals surface area (Å²) in [6.45, 7) is 0. The van der Waals surface area contributed by atoms with Crippen molar-refractivity contribution < 1.29 is 9.18 Å². The van der Waals surface area contributed by atoms with E-state index in [1.54, 1.807) is 0 Å². The van der Waals surface area contributed by atoms with E-state index in [2.05, 4.69) is 17.4 Å². The fraction of sp³-hybridized carbons (Fsp3) is 0.235. The number of hydrogen-bond donors (Lipinski definition) is 2. The minimum absolute atomic E-state index is 0.00820. The van der Waals surface area contributed by atoms with Gasteiger partial charge in [0.1, 0.15) is 5.82 Å². The van der Waals surface area contributed by atoms with Gasteiger partial charge in [-0.25, -0.2) is 4.39 Å². The summed E-state index contributed by atoms with van der Waals surface area (Å²) in [6.07, 6.45) is 2.58. The van der Waals surface area contributed by atoms with Gasteiger partial charge in [-0.3, -0.25) is 4.79 Å². The lowest BCUT2D eigenvalue weighted by Gasteiger charge is -2.25. The van der Waals surface area contributed by atoms with Crippen LogP contribution >= 0.6 is 0 Å². The number of nitrogen functional groups attached to an aromatic ring is 1. The second-order valence-corrected chi connectivity index (χ2v) is 5.42. The lowest BCUT2D eigenvalue weighted by molar-refractivity contribution is 0.0929. The summed E-state index contributed by atoms with van der Waals surface area (Å²) >= 11 is 0. The van der Waals surface area contributed by atoms with E-state index in [0.717, 1.165) is 19.3 Å². The fourth-order valence-corrected chi connectivity index (χ4v) is 2.80. The molecule has 3 N–H and O–H groups in total. The Morgan fingerprint density at radius 1 is 1.19 bits per heavy atom. The molecular weight excluding hydrogens is 267 g/mol. The Bertz CT molecular complexity index is 684. The SMILES string of the molecule is Nc1ccc(F)c(C(=O)NC2CCc3ccccc3C2)c1. The van der Waals surface area contributed by atoms with Crippen LogP contribution in [0.2, 0.25) is 0 Å². The third-order valence-electron chi connectivity index (χ3n) is 3.92. The molecule has 0 bridgehead atoms. The number of fused-ring (bicyclic) bond motifs is 1. The molecule has 0 spiro atoms. The zero-order chi connectivity index (χ0) is 14.8. The molecule has 108 valence electrons. The lowest BCUT2D eigenvalue weighted by atomic mass is 9.88. The normalized spacial score (nSPS) is 17.1. The summed E-state index contributed by atoms with van der Waals surface area (Å²) in [5.41, 5.74) is 8.59. The van der Waals surface area contributed by atoms with Gasteiger partial charge in [-0.15, -0.1) is 0 Å². The third-order valence-corrected chi connectivity index (χ3v) is 3.92. The van der Waals surface area contributed by atoms with Gasteiger partial charge in [0.25, 0.3) is 5.91 Å². The molecular formula is C17H17FN2O.